The zero-order valence-electron chi connectivity index (χ0n) is 30.1. The summed E-state index contributed by atoms with van der Waals surface area (Å²) in [5.74, 6) is 0.695. The fourth-order valence-electron chi connectivity index (χ4n) is 8.40. The van der Waals surface area contributed by atoms with E-state index in [-0.39, 0.29) is 5.41 Å². The number of allylic oxidation sites excluding steroid dienone is 2. The van der Waals surface area contributed by atoms with Crippen molar-refractivity contribution in [3.8, 4) is 22.3 Å². The molecule has 0 radical (unpaired) electrons. The molecule has 1 heteroatoms. The van der Waals surface area contributed by atoms with Crippen LogP contribution in [-0.4, -0.2) is 0 Å². The summed E-state index contributed by atoms with van der Waals surface area (Å²) in [5, 5.41) is 2.65. The fourth-order valence-corrected chi connectivity index (χ4v) is 8.40. The highest BCUT2D eigenvalue weighted by Gasteiger charge is 2.38. The average molecular weight is 638 g/mol. The lowest BCUT2D eigenvalue weighted by atomic mass is 9.80. The lowest BCUT2D eigenvalue weighted by Gasteiger charge is -2.30. The Labute approximate surface area is 293 Å². The highest BCUT2D eigenvalue weighted by Crippen LogP contribution is 2.55. The predicted molar refractivity (Wildman–Crippen MR) is 211 cm³/mol. The van der Waals surface area contributed by atoms with Crippen molar-refractivity contribution in [3.05, 3.63) is 154 Å². The van der Waals surface area contributed by atoms with Crippen LogP contribution in [0.25, 0.3) is 38.6 Å². The van der Waals surface area contributed by atoms with Crippen molar-refractivity contribution in [2.24, 2.45) is 5.92 Å². The molecule has 244 valence electrons. The van der Waals surface area contributed by atoms with E-state index in [0.717, 1.165) is 6.42 Å². The van der Waals surface area contributed by atoms with Crippen LogP contribution in [0.5, 0.6) is 0 Å². The molecule has 0 unspecified atom stereocenters. The summed E-state index contributed by atoms with van der Waals surface area (Å²) in [6, 6.07) is 43.7. The van der Waals surface area contributed by atoms with Gasteiger partial charge in [-0.25, -0.2) is 0 Å². The normalized spacial score (nSPS) is 15.2. The molecular weight excluding hydrogens is 591 g/mol. The molecule has 0 bridgehead atoms. The lowest BCUT2D eigenvalue weighted by Crippen LogP contribution is -2.17. The number of benzene rings is 6. The van der Waals surface area contributed by atoms with Crippen molar-refractivity contribution in [2.45, 2.75) is 73.1 Å². The van der Waals surface area contributed by atoms with Crippen molar-refractivity contribution in [2.75, 3.05) is 4.90 Å². The Kier molecular flexibility index (Phi) is 7.63. The number of fused-ring (bicyclic) bond motifs is 5. The molecule has 0 heterocycles. The van der Waals surface area contributed by atoms with E-state index < -0.39 is 0 Å². The van der Waals surface area contributed by atoms with Gasteiger partial charge in [0.1, 0.15) is 0 Å². The summed E-state index contributed by atoms with van der Waals surface area (Å²) in [7, 11) is 0. The van der Waals surface area contributed by atoms with Crippen LogP contribution >= 0.6 is 0 Å². The smallest absolute Gasteiger partial charge is 0.0496 e. The Bertz CT molecular complexity index is 2280. The van der Waals surface area contributed by atoms with Crippen molar-refractivity contribution < 1.29 is 0 Å². The topological polar surface area (TPSA) is 3.24 Å². The maximum absolute atomic E-state index is 2.50. The van der Waals surface area contributed by atoms with Gasteiger partial charge in [0, 0.05) is 22.5 Å². The van der Waals surface area contributed by atoms with Crippen LogP contribution in [0, 0.1) is 26.7 Å². The Hall–Kier alpha value is -4.88. The van der Waals surface area contributed by atoms with Crippen molar-refractivity contribution in [1.82, 2.24) is 0 Å². The van der Waals surface area contributed by atoms with Gasteiger partial charge >= 0.3 is 0 Å². The minimum atomic E-state index is -0.167. The monoisotopic (exact) mass is 637 g/mol. The summed E-state index contributed by atoms with van der Waals surface area (Å²) in [5.41, 5.74) is 20.0. The van der Waals surface area contributed by atoms with Gasteiger partial charge in [-0.1, -0.05) is 116 Å². The third-order valence-corrected chi connectivity index (χ3v) is 11.4. The molecule has 0 aromatic heterocycles. The van der Waals surface area contributed by atoms with E-state index in [0.29, 0.717) is 5.92 Å². The third-order valence-electron chi connectivity index (χ3n) is 11.4. The molecule has 0 atom stereocenters. The molecule has 0 saturated heterocycles. The lowest BCUT2D eigenvalue weighted by molar-refractivity contribution is 0.661. The van der Waals surface area contributed by atoms with E-state index in [1.54, 1.807) is 5.57 Å². The van der Waals surface area contributed by atoms with E-state index in [1.807, 2.05) is 0 Å². The Balaban J connectivity index is 1.33. The van der Waals surface area contributed by atoms with Crippen LogP contribution in [0.3, 0.4) is 0 Å². The van der Waals surface area contributed by atoms with E-state index >= 15 is 0 Å². The second-order valence-corrected chi connectivity index (χ2v) is 15.1. The SMILES string of the molecule is CC/C(C)=C(/c1cccc(N(c2ccc(C)cc2)c2ccc3c(c2)C(C)(C)c2cc(-c4cccc(C)c4)c4ccccc4c2-3)c1C)C1CC1. The van der Waals surface area contributed by atoms with Gasteiger partial charge < -0.3 is 4.90 Å². The standard InChI is InChI=1S/C48H47N/c1-8-32(4)46(34-21-22-34)38-17-12-18-45(33(38)5)49(36-23-19-30(2)20-24-36)37-25-26-41-43(28-37)48(6,7)44-29-42(35-14-11-13-31(3)27-35)39-15-9-10-16-40(39)47(41)44/h9-20,23-29,34H,8,21-22H2,1-7H3/b46-32+. The van der Waals surface area contributed by atoms with E-state index in [9.17, 15) is 0 Å². The molecule has 1 nitrogen and oxygen atoms in total. The average Bonchev–Trinajstić information content (AvgIpc) is 3.92. The van der Waals surface area contributed by atoms with Gasteiger partial charge in [-0.15, -0.1) is 0 Å². The quantitative estimate of drug-likeness (QED) is 0.168. The van der Waals surface area contributed by atoms with Crippen LogP contribution in [0.15, 0.2) is 121 Å². The summed E-state index contributed by atoms with van der Waals surface area (Å²) in [4.78, 5) is 2.50. The maximum atomic E-state index is 2.50. The molecule has 0 N–H and O–H groups in total. The van der Waals surface area contributed by atoms with Gasteiger partial charge in [-0.3, -0.25) is 0 Å². The summed E-state index contributed by atoms with van der Waals surface area (Å²) < 4.78 is 0. The van der Waals surface area contributed by atoms with Gasteiger partial charge in [0.05, 0.1) is 0 Å². The zero-order valence-corrected chi connectivity index (χ0v) is 30.1. The molecule has 0 spiro atoms. The number of anilines is 3. The molecular formula is C48H47N. The Morgan fingerprint density at radius 1 is 0.673 bits per heavy atom. The molecule has 49 heavy (non-hydrogen) atoms. The van der Waals surface area contributed by atoms with Crippen LogP contribution in [0.1, 0.15) is 80.3 Å². The number of aryl methyl sites for hydroxylation is 2. The first kappa shape index (κ1) is 31.4. The van der Waals surface area contributed by atoms with Crippen molar-refractivity contribution in [3.63, 3.8) is 0 Å². The highest BCUT2D eigenvalue weighted by atomic mass is 15.1. The molecule has 1 fully saturated rings. The first-order valence-corrected chi connectivity index (χ1v) is 18.1. The van der Waals surface area contributed by atoms with E-state index in [2.05, 4.69) is 169 Å². The van der Waals surface area contributed by atoms with E-state index in [4.69, 9.17) is 0 Å². The Morgan fingerprint density at radius 3 is 2.10 bits per heavy atom. The van der Waals surface area contributed by atoms with Gasteiger partial charge in [-0.2, -0.15) is 0 Å². The summed E-state index contributed by atoms with van der Waals surface area (Å²) in [6.07, 6.45) is 3.70. The molecule has 8 rings (SSSR count). The first-order valence-electron chi connectivity index (χ1n) is 18.1. The van der Waals surface area contributed by atoms with Gasteiger partial charge in [-0.05, 0) is 150 Å². The van der Waals surface area contributed by atoms with Crippen LogP contribution in [0.4, 0.5) is 17.1 Å². The van der Waals surface area contributed by atoms with Crippen LogP contribution in [0.2, 0.25) is 0 Å². The minimum Gasteiger partial charge on any atom is -0.310 e. The largest absolute Gasteiger partial charge is 0.310 e. The van der Waals surface area contributed by atoms with Crippen LogP contribution in [-0.2, 0) is 5.41 Å². The highest BCUT2D eigenvalue weighted by molar-refractivity contribution is 6.09. The van der Waals surface area contributed by atoms with Gasteiger partial charge in [0.2, 0.25) is 0 Å². The molecule has 6 aromatic carbocycles. The Morgan fingerprint density at radius 2 is 1.39 bits per heavy atom. The van der Waals surface area contributed by atoms with Crippen molar-refractivity contribution >= 4 is 33.4 Å². The summed E-state index contributed by atoms with van der Waals surface area (Å²) in [6.45, 7) is 16.2. The molecule has 0 amide bonds. The third kappa shape index (κ3) is 5.23. The van der Waals surface area contributed by atoms with Crippen LogP contribution < -0.4 is 4.90 Å². The molecule has 2 aliphatic carbocycles. The van der Waals surface area contributed by atoms with Crippen molar-refractivity contribution in [1.29, 1.82) is 0 Å². The molecule has 0 aliphatic heterocycles. The van der Waals surface area contributed by atoms with Gasteiger partial charge in [0.15, 0.2) is 0 Å². The number of hydrogen-bond acceptors (Lipinski definition) is 1. The number of nitrogens with zero attached hydrogens (tertiary/aromatic N) is 1. The second-order valence-electron chi connectivity index (χ2n) is 15.1. The number of rotatable bonds is 7. The molecule has 1 saturated carbocycles. The minimum absolute atomic E-state index is 0.167. The fraction of sp³-hybridized carbons (Fsp3) is 0.250. The zero-order chi connectivity index (χ0) is 34.0. The maximum Gasteiger partial charge on any atom is 0.0496 e. The van der Waals surface area contributed by atoms with Gasteiger partial charge in [0.25, 0.3) is 0 Å². The summed E-state index contributed by atoms with van der Waals surface area (Å²) >= 11 is 0. The predicted octanol–water partition coefficient (Wildman–Crippen LogP) is 13.8. The number of hydrogen-bond donors (Lipinski definition) is 0. The first-order chi connectivity index (χ1) is 23.7. The molecule has 6 aromatic rings. The second kappa shape index (κ2) is 11.9. The van der Waals surface area contributed by atoms with E-state index in [1.165, 1.54) is 102 Å². The molecule has 2 aliphatic rings.